The van der Waals surface area contributed by atoms with Crippen molar-refractivity contribution in [1.82, 2.24) is 0 Å². The standard InChI is InChI=1S/C7H4ClF3O4S.ClH/c8-5-3-4(16(12,13)14)1-2-6(5)15-7(9,10)11;/h1-3H,(H,12,13,14);1H. The first kappa shape index (κ1) is 16.3. The van der Waals surface area contributed by atoms with Crippen molar-refractivity contribution in [3.63, 3.8) is 0 Å². The summed E-state index contributed by atoms with van der Waals surface area (Å²) in [5.74, 6) is -0.749. The molecule has 0 atom stereocenters. The van der Waals surface area contributed by atoms with E-state index in [4.69, 9.17) is 16.2 Å². The minimum absolute atomic E-state index is 0. The molecular formula is C7H5Cl2F3O4S. The Labute approximate surface area is 105 Å². The van der Waals surface area contributed by atoms with Crippen molar-refractivity contribution in [2.24, 2.45) is 0 Å². The SMILES string of the molecule is Cl.O=S(=O)(O)c1ccc(OC(F)(F)F)c(Cl)c1. The van der Waals surface area contributed by atoms with Crippen LogP contribution in [0.4, 0.5) is 13.2 Å². The minimum Gasteiger partial charge on any atom is -0.404 e. The van der Waals surface area contributed by atoms with E-state index in [2.05, 4.69) is 4.74 Å². The summed E-state index contributed by atoms with van der Waals surface area (Å²) in [6.07, 6.45) is -4.93. The highest BCUT2D eigenvalue weighted by molar-refractivity contribution is 7.85. The summed E-state index contributed by atoms with van der Waals surface area (Å²) in [5.41, 5.74) is 0. The number of benzene rings is 1. The van der Waals surface area contributed by atoms with E-state index in [1.54, 1.807) is 0 Å². The Morgan fingerprint density at radius 1 is 1.29 bits per heavy atom. The number of ether oxygens (including phenoxy) is 1. The third-order valence-electron chi connectivity index (χ3n) is 1.43. The zero-order chi connectivity index (χ0) is 12.6. The van der Waals surface area contributed by atoms with Gasteiger partial charge in [0.25, 0.3) is 10.1 Å². The van der Waals surface area contributed by atoms with E-state index in [1.165, 1.54) is 0 Å². The maximum Gasteiger partial charge on any atom is 0.573 e. The van der Waals surface area contributed by atoms with Gasteiger partial charge >= 0.3 is 6.36 Å². The molecule has 4 nitrogen and oxygen atoms in total. The van der Waals surface area contributed by atoms with E-state index in [-0.39, 0.29) is 12.4 Å². The van der Waals surface area contributed by atoms with Gasteiger partial charge in [0, 0.05) is 0 Å². The van der Waals surface area contributed by atoms with Gasteiger partial charge in [-0.2, -0.15) is 8.42 Å². The van der Waals surface area contributed by atoms with Crippen LogP contribution in [0.2, 0.25) is 5.02 Å². The van der Waals surface area contributed by atoms with E-state index < -0.39 is 32.1 Å². The molecule has 0 radical (unpaired) electrons. The summed E-state index contributed by atoms with van der Waals surface area (Å²) in [5, 5.41) is -0.576. The molecule has 10 heteroatoms. The van der Waals surface area contributed by atoms with Crippen LogP contribution in [-0.4, -0.2) is 19.3 Å². The third kappa shape index (κ3) is 4.99. The lowest BCUT2D eigenvalue weighted by Gasteiger charge is -2.10. The van der Waals surface area contributed by atoms with Gasteiger partial charge in [-0.3, -0.25) is 4.55 Å². The van der Waals surface area contributed by atoms with Crippen LogP contribution in [0.5, 0.6) is 5.75 Å². The van der Waals surface area contributed by atoms with Crippen LogP contribution in [0.3, 0.4) is 0 Å². The van der Waals surface area contributed by atoms with Gasteiger partial charge in [0.15, 0.2) is 0 Å². The van der Waals surface area contributed by atoms with Crippen LogP contribution in [0.1, 0.15) is 0 Å². The summed E-state index contributed by atoms with van der Waals surface area (Å²) in [4.78, 5) is -0.618. The maximum absolute atomic E-state index is 11.8. The monoisotopic (exact) mass is 312 g/mol. The van der Waals surface area contributed by atoms with Crippen molar-refractivity contribution in [1.29, 1.82) is 0 Å². The van der Waals surface area contributed by atoms with Gasteiger partial charge in [0.2, 0.25) is 0 Å². The maximum atomic E-state index is 11.8. The second-order valence-electron chi connectivity index (χ2n) is 2.62. The zero-order valence-electron chi connectivity index (χ0n) is 7.73. The molecule has 17 heavy (non-hydrogen) atoms. The Hall–Kier alpha value is -0.700. The van der Waals surface area contributed by atoms with Gasteiger partial charge < -0.3 is 4.74 Å². The van der Waals surface area contributed by atoms with Gasteiger partial charge in [0.05, 0.1) is 9.92 Å². The summed E-state index contributed by atoms with van der Waals surface area (Å²) >= 11 is 5.34. The fourth-order valence-electron chi connectivity index (χ4n) is 0.849. The number of rotatable bonds is 2. The molecule has 0 aliphatic rings. The van der Waals surface area contributed by atoms with Crippen LogP contribution < -0.4 is 4.74 Å². The first-order chi connectivity index (χ1) is 7.09. The van der Waals surface area contributed by atoms with Gasteiger partial charge in [0.1, 0.15) is 5.75 Å². The molecule has 0 aliphatic carbocycles. The summed E-state index contributed by atoms with van der Waals surface area (Å²) in [6.45, 7) is 0. The number of hydrogen-bond donors (Lipinski definition) is 1. The lowest BCUT2D eigenvalue weighted by Crippen LogP contribution is -2.17. The fraction of sp³-hybridized carbons (Fsp3) is 0.143. The van der Waals surface area contributed by atoms with Crippen molar-refractivity contribution < 1.29 is 30.9 Å². The van der Waals surface area contributed by atoms with Crippen LogP contribution >= 0.6 is 24.0 Å². The molecule has 0 heterocycles. The molecule has 1 aromatic carbocycles. The molecule has 1 aromatic rings. The highest BCUT2D eigenvalue weighted by Gasteiger charge is 2.32. The van der Waals surface area contributed by atoms with Gasteiger partial charge in [-0.15, -0.1) is 25.6 Å². The predicted octanol–water partition coefficient (Wildman–Crippen LogP) is 2.91. The Morgan fingerprint density at radius 2 is 1.82 bits per heavy atom. The molecule has 0 fully saturated rings. The van der Waals surface area contributed by atoms with Crippen molar-refractivity contribution in [3.05, 3.63) is 23.2 Å². The summed E-state index contributed by atoms with van der Waals surface area (Å²) in [7, 11) is -4.51. The Balaban J connectivity index is 0.00000256. The smallest absolute Gasteiger partial charge is 0.404 e. The molecule has 0 bridgehead atoms. The second-order valence-corrected chi connectivity index (χ2v) is 4.44. The number of halogens is 5. The Morgan fingerprint density at radius 3 is 2.18 bits per heavy atom. The highest BCUT2D eigenvalue weighted by atomic mass is 35.5. The molecule has 98 valence electrons. The quantitative estimate of drug-likeness (QED) is 0.853. The molecule has 0 aliphatic heterocycles. The molecule has 0 aromatic heterocycles. The van der Waals surface area contributed by atoms with E-state index in [0.717, 1.165) is 6.07 Å². The van der Waals surface area contributed by atoms with Gasteiger partial charge in [-0.1, -0.05) is 11.6 Å². The largest absolute Gasteiger partial charge is 0.573 e. The van der Waals surface area contributed by atoms with Gasteiger partial charge in [-0.25, -0.2) is 0 Å². The van der Waals surface area contributed by atoms with E-state index >= 15 is 0 Å². The van der Waals surface area contributed by atoms with Crippen molar-refractivity contribution in [2.45, 2.75) is 11.3 Å². The van der Waals surface area contributed by atoms with Gasteiger partial charge in [-0.05, 0) is 18.2 Å². The average Bonchev–Trinajstić information content (AvgIpc) is 2.04. The topological polar surface area (TPSA) is 63.6 Å². The fourth-order valence-corrected chi connectivity index (χ4v) is 1.64. The van der Waals surface area contributed by atoms with Crippen molar-refractivity contribution >= 4 is 34.1 Å². The molecule has 0 amide bonds. The minimum atomic E-state index is -4.93. The molecule has 0 saturated heterocycles. The first-order valence-corrected chi connectivity index (χ1v) is 5.44. The zero-order valence-corrected chi connectivity index (χ0v) is 10.1. The van der Waals surface area contributed by atoms with Crippen LogP contribution in [0.15, 0.2) is 23.1 Å². The van der Waals surface area contributed by atoms with E-state index in [1.807, 2.05) is 0 Å². The normalized spacial score (nSPS) is 11.8. The predicted molar refractivity (Wildman–Crippen MR) is 55.2 cm³/mol. The van der Waals surface area contributed by atoms with Crippen LogP contribution in [-0.2, 0) is 10.1 Å². The molecular weight excluding hydrogens is 308 g/mol. The van der Waals surface area contributed by atoms with Crippen LogP contribution in [0.25, 0.3) is 0 Å². The molecule has 1 rings (SSSR count). The average molecular weight is 313 g/mol. The lowest BCUT2D eigenvalue weighted by atomic mass is 10.3. The highest BCUT2D eigenvalue weighted by Crippen LogP contribution is 2.31. The Bertz CT molecular complexity index is 500. The lowest BCUT2D eigenvalue weighted by molar-refractivity contribution is -0.274. The number of hydrogen-bond acceptors (Lipinski definition) is 3. The summed E-state index contributed by atoms with van der Waals surface area (Å²) in [6, 6.07) is 2.08. The van der Waals surface area contributed by atoms with E-state index in [9.17, 15) is 21.6 Å². The number of alkyl halides is 3. The molecule has 1 N–H and O–H groups in total. The molecule has 0 spiro atoms. The van der Waals surface area contributed by atoms with E-state index in [0.29, 0.717) is 12.1 Å². The Kier molecular flexibility index (Phi) is 5.08. The molecule has 0 saturated carbocycles. The first-order valence-electron chi connectivity index (χ1n) is 3.62. The van der Waals surface area contributed by atoms with Crippen molar-refractivity contribution in [3.8, 4) is 5.75 Å². The van der Waals surface area contributed by atoms with Crippen molar-refractivity contribution in [2.75, 3.05) is 0 Å². The van der Waals surface area contributed by atoms with Crippen LogP contribution in [0, 0.1) is 0 Å². The summed E-state index contributed by atoms with van der Waals surface area (Å²) < 4.78 is 68.7. The third-order valence-corrected chi connectivity index (χ3v) is 2.57. The molecule has 0 unspecified atom stereocenters. The second kappa shape index (κ2) is 5.30.